The molecule has 1 aliphatic heterocycles. The Hall–Kier alpha value is -2.66. The monoisotopic (exact) mass is 391 g/mol. The molecule has 2 aliphatic rings. The number of rotatable bonds is 6. The Balaban J connectivity index is 1.22. The van der Waals surface area contributed by atoms with Gasteiger partial charge in [-0.05, 0) is 24.5 Å². The number of hydrogen-bond acceptors (Lipinski definition) is 3. The highest BCUT2D eigenvalue weighted by atomic mass is 16.2. The smallest absolute Gasteiger partial charge is 0.226 e. The molecule has 1 N–H and O–H groups in total. The molecule has 1 heterocycles. The van der Waals surface area contributed by atoms with Crippen LogP contribution in [0.3, 0.4) is 0 Å². The number of amides is 2. The standard InChI is InChI=1S/C24H29N3O2/c1-18(20-10-6-3-7-11-20)25-23(28)21-16-22(21)24(29)27-14-12-26(13-15-27)17-19-8-4-2-5-9-19/h2-11,18,21-22H,12-17H2,1H3,(H,25,28). The number of carbonyl (C=O) groups excluding carboxylic acids is 2. The van der Waals surface area contributed by atoms with Gasteiger partial charge >= 0.3 is 0 Å². The second-order valence-corrected chi connectivity index (χ2v) is 8.18. The maximum absolute atomic E-state index is 12.8. The van der Waals surface area contributed by atoms with Crippen LogP contribution >= 0.6 is 0 Å². The Kier molecular flexibility index (Phi) is 5.95. The van der Waals surface area contributed by atoms with E-state index in [0.29, 0.717) is 6.42 Å². The minimum absolute atomic E-state index is 0.00224. The van der Waals surface area contributed by atoms with Crippen molar-refractivity contribution in [1.82, 2.24) is 15.1 Å². The average Bonchev–Trinajstić information content (AvgIpc) is 3.56. The summed E-state index contributed by atoms with van der Waals surface area (Å²) in [5, 5.41) is 3.06. The van der Waals surface area contributed by atoms with Crippen LogP contribution in [0.15, 0.2) is 60.7 Å². The maximum atomic E-state index is 12.8. The number of hydrogen-bond donors (Lipinski definition) is 1. The Bertz CT molecular complexity index is 832. The van der Waals surface area contributed by atoms with Gasteiger partial charge in [-0.3, -0.25) is 14.5 Å². The van der Waals surface area contributed by atoms with E-state index >= 15 is 0 Å². The molecule has 1 aliphatic carbocycles. The Morgan fingerprint density at radius 3 is 2.21 bits per heavy atom. The molecule has 152 valence electrons. The third-order valence-electron chi connectivity index (χ3n) is 6.04. The number of nitrogens with one attached hydrogen (secondary N) is 1. The van der Waals surface area contributed by atoms with Crippen molar-refractivity contribution in [2.75, 3.05) is 26.2 Å². The summed E-state index contributed by atoms with van der Waals surface area (Å²) in [6, 6.07) is 20.3. The lowest BCUT2D eigenvalue weighted by Crippen LogP contribution is -2.49. The van der Waals surface area contributed by atoms with Crippen LogP contribution in [0.5, 0.6) is 0 Å². The molecule has 3 unspecified atom stereocenters. The highest BCUT2D eigenvalue weighted by Crippen LogP contribution is 2.40. The van der Waals surface area contributed by atoms with Crippen LogP contribution in [0.25, 0.3) is 0 Å². The van der Waals surface area contributed by atoms with Crippen molar-refractivity contribution in [3.05, 3.63) is 71.8 Å². The van der Waals surface area contributed by atoms with Gasteiger partial charge < -0.3 is 10.2 Å². The molecule has 2 aromatic rings. The van der Waals surface area contributed by atoms with Crippen LogP contribution < -0.4 is 5.32 Å². The topological polar surface area (TPSA) is 52.7 Å². The molecule has 5 heteroatoms. The van der Waals surface area contributed by atoms with Crippen molar-refractivity contribution >= 4 is 11.8 Å². The number of nitrogens with zero attached hydrogens (tertiary/aromatic N) is 2. The van der Waals surface area contributed by atoms with Crippen molar-refractivity contribution in [3.8, 4) is 0 Å². The van der Waals surface area contributed by atoms with E-state index in [1.807, 2.05) is 48.2 Å². The molecular formula is C24H29N3O2. The number of carbonyl (C=O) groups is 2. The summed E-state index contributed by atoms with van der Waals surface area (Å²) in [4.78, 5) is 29.7. The zero-order valence-corrected chi connectivity index (χ0v) is 17.0. The normalized spacial score (nSPS) is 22.7. The van der Waals surface area contributed by atoms with Gasteiger partial charge in [-0.1, -0.05) is 60.7 Å². The summed E-state index contributed by atoms with van der Waals surface area (Å²) in [7, 11) is 0. The minimum Gasteiger partial charge on any atom is -0.349 e. The van der Waals surface area contributed by atoms with Crippen molar-refractivity contribution in [2.45, 2.75) is 25.9 Å². The van der Waals surface area contributed by atoms with Crippen LogP contribution in [0.4, 0.5) is 0 Å². The van der Waals surface area contributed by atoms with Gasteiger partial charge in [0.05, 0.1) is 17.9 Å². The van der Waals surface area contributed by atoms with E-state index in [1.165, 1.54) is 5.56 Å². The van der Waals surface area contributed by atoms with E-state index in [9.17, 15) is 9.59 Å². The zero-order chi connectivity index (χ0) is 20.2. The van der Waals surface area contributed by atoms with E-state index < -0.39 is 0 Å². The first kappa shape index (κ1) is 19.6. The highest BCUT2D eigenvalue weighted by Gasteiger charge is 2.49. The predicted molar refractivity (Wildman–Crippen MR) is 113 cm³/mol. The summed E-state index contributed by atoms with van der Waals surface area (Å²) < 4.78 is 0. The van der Waals surface area contributed by atoms with Crippen LogP contribution in [-0.4, -0.2) is 47.8 Å². The van der Waals surface area contributed by atoms with Crippen molar-refractivity contribution in [2.24, 2.45) is 11.8 Å². The highest BCUT2D eigenvalue weighted by molar-refractivity contribution is 5.92. The molecule has 29 heavy (non-hydrogen) atoms. The van der Waals surface area contributed by atoms with E-state index in [2.05, 4.69) is 34.5 Å². The molecular weight excluding hydrogens is 362 g/mol. The molecule has 3 atom stereocenters. The van der Waals surface area contributed by atoms with Crippen LogP contribution in [0, 0.1) is 11.8 Å². The van der Waals surface area contributed by atoms with E-state index in [0.717, 1.165) is 38.3 Å². The van der Waals surface area contributed by atoms with Gasteiger partial charge in [0.2, 0.25) is 11.8 Å². The van der Waals surface area contributed by atoms with Gasteiger partial charge in [0.1, 0.15) is 0 Å². The fourth-order valence-electron chi connectivity index (χ4n) is 4.11. The summed E-state index contributed by atoms with van der Waals surface area (Å²) in [5.74, 6) is -0.158. The maximum Gasteiger partial charge on any atom is 0.226 e. The summed E-state index contributed by atoms with van der Waals surface area (Å²) in [6.45, 7) is 6.17. The molecule has 0 bridgehead atoms. The third kappa shape index (κ3) is 4.85. The van der Waals surface area contributed by atoms with Crippen molar-refractivity contribution < 1.29 is 9.59 Å². The minimum atomic E-state index is -0.170. The summed E-state index contributed by atoms with van der Waals surface area (Å²) in [6.07, 6.45) is 0.677. The molecule has 1 saturated carbocycles. The Labute approximate surface area is 172 Å². The van der Waals surface area contributed by atoms with Crippen LogP contribution in [0.1, 0.15) is 30.5 Å². The molecule has 4 rings (SSSR count). The quantitative estimate of drug-likeness (QED) is 0.824. The lowest BCUT2D eigenvalue weighted by molar-refractivity contribution is -0.136. The first-order valence-electron chi connectivity index (χ1n) is 10.5. The number of benzene rings is 2. The Morgan fingerprint density at radius 1 is 0.931 bits per heavy atom. The van der Waals surface area contributed by atoms with E-state index in [1.54, 1.807) is 0 Å². The zero-order valence-electron chi connectivity index (χ0n) is 17.0. The van der Waals surface area contributed by atoms with Crippen molar-refractivity contribution in [3.63, 3.8) is 0 Å². The molecule has 0 spiro atoms. The number of piperazine rings is 1. The molecule has 5 nitrogen and oxygen atoms in total. The first-order valence-corrected chi connectivity index (χ1v) is 10.5. The van der Waals surface area contributed by atoms with E-state index in [4.69, 9.17) is 0 Å². The molecule has 2 aromatic carbocycles. The van der Waals surface area contributed by atoms with Gasteiger partial charge in [-0.2, -0.15) is 0 Å². The molecule has 0 radical (unpaired) electrons. The largest absolute Gasteiger partial charge is 0.349 e. The molecule has 1 saturated heterocycles. The predicted octanol–water partition coefficient (Wildman–Crippen LogP) is 2.84. The average molecular weight is 392 g/mol. The van der Waals surface area contributed by atoms with Crippen LogP contribution in [0.2, 0.25) is 0 Å². The fraction of sp³-hybridized carbons (Fsp3) is 0.417. The SMILES string of the molecule is CC(NC(=O)C1CC1C(=O)N1CCN(Cc2ccccc2)CC1)c1ccccc1. The van der Waals surface area contributed by atoms with Crippen molar-refractivity contribution in [1.29, 1.82) is 0 Å². The van der Waals surface area contributed by atoms with Gasteiger partial charge in [0, 0.05) is 32.7 Å². The lowest BCUT2D eigenvalue weighted by Gasteiger charge is -2.35. The van der Waals surface area contributed by atoms with Crippen LogP contribution in [-0.2, 0) is 16.1 Å². The Morgan fingerprint density at radius 2 is 1.55 bits per heavy atom. The summed E-state index contributed by atoms with van der Waals surface area (Å²) in [5.41, 5.74) is 2.39. The van der Waals surface area contributed by atoms with Gasteiger partial charge in [-0.15, -0.1) is 0 Å². The summed E-state index contributed by atoms with van der Waals surface area (Å²) >= 11 is 0. The third-order valence-corrected chi connectivity index (χ3v) is 6.04. The lowest BCUT2D eigenvalue weighted by atomic mass is 10.1. The molecule has 0 aromatic heterocycles. The molecule has 2 amide bonds. The molecule has 2 fully saturated rings. The first-order chi connectivity index (χ1) is 14.1. The van der Waals surface area contributed by atoms with E-state index in [-0.39, 0.29) is 29.7 Å². The van der Waals surface area contributed by atoms with Gasteiger partial charge in [0.15, 0.2) is 0 Å². The second kappa shape index (κ2) is 8.78. The second-order valence-electron chi connectivity index (χ2n) is 8.18. The van der Waals surface area contributed by atoms with Gasteiger partial charge in [-0.25, -0.2) is 0 Å². The van der Waals surface area contributed by atoms with Gasteiger partial charge in [0.25, 0.3) is 0 Å². The fourth-order valence-corrected chi connectivity index (χ4v) is 4.11.